The average molecular weight is 212 g/mol. The normalized spacial score (nSPS) is 32.8. The lowest BCUT2D eigenvalue weighted by molar-refractivity contribution is 0.0576. The van der Waals surface area contributed by atoms with Gasteiger partial charge >= 0.3 is 0 Å². The van der Waals surface area contributed by atoms with Gasteiger partial charge in [0.05, 0.1) is 13.2 Å². The minimum atomic E-state index is 0.760. The Labute approximate surface area is 93.0 Å². The van der Waals surface area contributed by atoms with Crippen LogP contribution in [0.5, 0.6) is 0 Å². The molecule has 0 aromatic carbocycles. The van der Waals surface area contributed by atoms with E-state index in [1.807, 2.05) is 0 Å². The third kappa shape index (κ3) is 4.09. The van der Waals surface area contributed by atoms with Crippen molar-refractivity contribution < 1.29 is 4.74 Å². The maximum atomic E-state index is 5.83. The van der Waals surface area contributed by atoms with Crippen LogP contribution in [0.3, 0.4) is 0 Å². The molecule has 2 aliphatic rings. The van der Waals surface area contributed by atoms with E-state index in [2.05, 4.69) is 10.6 Å². The fourth-order valence-corrected chi connectivity index (χ4v) is 2.53. The van der Waals surface area contributed by atoms with Crippen LogP contribution in [0.1, 0.15) is 25.7 Å². The number of piperidine rings is 2. The largest absolute Gasteiger partial charge is 0.381 e. The minimum absolute atomic E-state index is 0.760. The average Bonchev–Trinajstić information content (AvgIpc) is 2.32. The zero-order chi connectivity index (χ0) is 10.3. The molecule has 0 bridgehead atoms. The van der Waals surface area contributed by atoms with Crippen molar-refractivity contribution in [2.75, 3.05) is 39.4 Å². The molecule has 2 rings (SSSR count). The third-order valence-electron chi connectivity index (χ3n) is 3.50. The lowest BCUT2D eigenvalue weighted by atomic mass is 9.99. The topological polar surface area (TPSA) is 33.3 Å². The summed E-state index contributed by atoms with van der Waals surface area (Å²) in [5.74, 6) is 1.52. The molecule has 2 atom stereocenters. The van der Waals surface area contributed by atoms with Gasteiger partial charge in [-0.25, -0.2) is 0 Å². The van der Waals surface area contributed by atoms with E-state index in [1.54, 1.807) is 0 Å². The molecule has 15 heavy (non-hydrogen) atoms. The number of ether oxygens (including phenoxy) is 1. The molecular formula is C12H24N2O. The van der Waals surface area contributed by atoms with E-state index >= 15 is 0 Å². The number of hydrogen-bond donors (Lipinski definition) is 2. The quantitative estimate of drug-likeness (QED) is 0.729. The second kappa shape index (κ2) is 6.46. The minimum Gasteiger partial charge on any atom is -0.381 e. The molecule has 88 valence electrons. The van der Waals surface area contributed by atoms with Crippen molar-refractivity contribution in [1.82, 2.24) is 10.6 Å². The Morgan fingerprint density at radius 2 is 1.40 bits per heavy atom. The van der Waals surface area contributed by atoms with Crippen molar-refractivity contribution in [1.29, 1.82) is 0 Å². The molecule has 0 saturated carbocycles. The highest BCUT2D eigenvalue weighted by molar-refractivity contribution is 4.70. The molecule has 3 nitrogen and oxygen atoms in total. The Kier molecular flexibility index (Phi) is 4.90. The van der Waals surface area contributed by atoms with Crippen molar-refractivity contribution in [2.24, 2.45) is 11.8 Å². The van der Waals surface area contributed by atoms with Crippen molar-refractivity contribution in [3.63, 3.8) is 0 Å². The van der Waals surface area contributed by atoms with Gasteiger partial charge in [-0.3, -0.25) is 0 Å². The Bertz CT molecular complexity index is 145. The fraction of sp³-hybridized carbons (Fsp3) is 1.00. The first kappa shape index (κ1) is 11.4. The lowest BCUT2D eigenvalue weighted by Crippen LogP contribution is -2.35. The van der Waals surface area contributed by atoms with Gasteiger partial charge in [0.2, 0.25) is 0 Å². The van der Waals surface area contributed by atoms with Gasteiger partial charge in [0.1, 0.15) is 0 Å². The summed E-state index contributed by atoms with van der Waals surface area (Å²) in [7, 11) is 0. The highest BCUT2D eigenvalue weighted by Gasteiger charge is 2.16. The molecule has 0 aromatic heterocycles. The maximum Gasteiger partial charge on any atom is 0.0506 e. The first-order valence-electron chi connectivity index (χ1n) is 6.44. The summed E-state index contributed by atoms with van der Waals surface area (Å²) in [6, 6.07) is 0. The van der Waals surface area contributed by atoms with E-state index in [9.17, 15) is 0 Å². The van der Waals surface area contributed by atoms with Gasteiger partial charge in [-0.15, -0.1) is 0 Å². The predicted molar refractivity (Wildman–Crippen MR) is 62.0 cm³/mol. The molecule has 2 saturated heterocycles. The molecule has 0 amide bonds. The van der Waals surface area contributed by atoms with Crippen molar-refractivity contribution >= 4 is 0 Å². The van der Waals surface area contributed by atoms with Crippen LogP contribution in [0.2, 0.25) is 0 Å². The zero-order valence-electron chi connectivity index (χ0n) is 9.63. The van der Waals surface area contributed by atoms with Gasteiger partial charge in [-0.1, -0.05) is 0 Å². The molecule has 0 unspecified atom stereocenters. The fourth-order valence-electron chi connectivity index (χ4n) is 2.53. The second-order valence-electron chi connectivity index (χ2n) is 4.96. The van der Waals surface area contributed by atoms with Crippen LogP contribution in [0.15, 0.2) is 0 Å². The Balaban J connectivity index is 1.53. The zero-order valence-corrected chi connectivity index (χ0v) is 9.63. The van der Waals surface area contributed by atoms with Gasteiger partial charge in [0, 0.05) is 13.1 Å². The summed E-state index contributed by atoms with van der Waals surface area (Å²) < 4.78 is 5.83. The van der Waals surface area contributed by atoms with Crippen molar-refractivity contribution in [2.45, 2.75) is 25.7 Å². The standard InChI is InChI=1S/C12H24N2O/c1-3-11(7-13-5-1)9-15-10-12-4-2-6-14-8-12/h11-14H,1-10H2/t11-,12-/m0/s1. The molecular weight excluding hydrogens is 188 g/mol. The van der Waals surface area contributed by atoms with Gasteiger partial charge in [0.15, 0.2) is 0 Å². The van der Waals surface area contributed by atoms with Gasteiger partial charge in [-0.05, 0) is 50.6 Å². The van der Waals surface area contributed by atoms with E-state index < -0.39 is 0 Å². The van der Waals surface area contributed by atoms with Crippen molar-refractivity contribution in [3.05, 3.63) is 0 Å². The van der Waals surface area contributed by atoms with Crippen LogP contribution in [0, 0.1) is 11.8 Å². The van der Waals surface area contributed by atoms with Crippen LogP contribution in [0.4, 0.5) is 0 Å². The smallest absolute Gasteiger partial charge is 0.0506 e. The summed E-state index contributed by atoms with van der Waals surface area (Å²) >= 11 is 0. The molecule has 3 heteroatoms. The summed E-state index contributed by atoms with van der Waals surface area (Å²) in [5, 5.41) is 6.86. The molecule has 2 fully saturated rings. The van der Waals surface area contributed by atoms with E-state index in [0.717, 1.165) is 38.1 Å². The predicted octanol–water partition coefficient (Wildman–Crippen LogP) is 1.00. The first-order valence-corrected chi connectivity index (χ1v) is 6.44. The Morgan fingerprint density at radius 3 is 1.80 bits per heavy atom. The first-order chi connectivity index (χ1) is 7.45. The van der Waals surface area contributed by atoms with Crippen LogP contribution in [-0.4, -0.2) is 39.4 Å². The van der Waals surface area contributed by atoms with E-state index in [4.69, 9.17) is 4.74 Å². The van der Waals surface area contributed by atoms with Gasteiger partial charge < -0.3 is 15.4 Å². The highest BCUT2D eigenvalue weighted by atomic mass is 16.5. The third-order valence-corrected chi connectivity index (χ3v) is 3.50. The Morgan fingerprint density at radius 1 is 0.867 bits per heavy atom. The highest BCUT2D eigenvalue weighted by Crippen LogP contribution is 2.13. The Hall–Kier alpha value is -0.120. The van der Waals surface area contributed by atoms with Crippen LogP contribution in [-0.2, 0) is 4.74 Å². The van der Waals surface area contributed by atoms with Crippen LogP contribution in [0.25, 0.3) is 0 Å². The lowest BCUT2D eigenvalue weighted by Gasteiger charge is -2.25. The molecule has 2 heterocycles. The van der Waals surface area contributed by atoms with Gasteiger partial charge in [0.25, 0.3) is 0 Å². The monoisotopic (exact) mass is 212 g/mol. The molecule has 0 spiro atoms. The molecule has 0 aromatic rings. The molecule has 2 aliphatic heterocycles. The second-order valence-corrected chi connectivity index (χ2v) is 4.96. The molecule has 0 radical (unpaired) electrons. The van der Waals surface area contributed by atoms with Crippen molar-refractivity contribution in [3.8, 4) is 0 Å². The number of nitrogens with one attached hydrogen (secondary N) is 2. The summed E-state index contributed by atoms with van der Waals surface area (Å²) in [6.45, 7) is 6.63. The van der Waals surface area contributed by atoms with Crippen LogP contribution < -0.4 is 10.6 Å². The number of rotatable bonds is 4. The maximum absolute atomic E-state index is 5.83. The van der Waals surface area contributed by atoms with E-state index in [1.165, 1.54) is 38.8 Å². The summed E-state index contributed by atoms with van der Waals surface area (Å²) in [5.41, 5.74) is 0. The SMILES string of the molecule is C1CNC[C@@H](COC[C@H]2CCCNC2)C1. The van der Waals surface area contributed by atoms with E-state index in [-0.39, 0.29) is 0 Å². The van der Waals surface area contributed by atoms with Crippen LogP contribution >= 0.6 is 0 Å². The molecule has 2 N–H and O–H groups in total. The molecule has 0 aliphatic carbocycles. The summed E-state index contributed by atoms with van der Waals surface area (Å²) in [4.78, 5) is 0. The summed E-state index contributed by atoms with van der Waals surface area (Å²) in [6.07, 6.45) is 5.32. The van der Waals surface area contributed by atoms with Gasteiger partial charge in [-0.2, -0.15) is 0 Å². The van der Waals surface area contributed by atoms with E-state index in [0.29, 0.717) is 0 Å². The number of hydrogen-bond acceptors (Lipinski definition) is 3.